The van der Waals surface area contributed by atoms with E-state index in [-0.39, 0.29) is 28.6 Å². The molecule has 1 N–H and O–H groups in total. The molecule has 8 nitrogen and oxygen atoms in total. The summed E-state index contributed by atoms with van der Waals surface area (Å²) in [4.78, 5) is 33.4. The second-order valence-electron chi connectivity index (χ2n) is 9.57. The van der Waals surface area contributed by atoms with Crippen molar-refractivity contribution in [2.24, 2.45) is 11.8 Å². The smallest absolute Gasteiger partial charge is 0.267 e. The molecular weight excluding hydrogens is 418 g/mol. The average molecular weight is 452 g/mol. The number of hydrogen-bond acceptors (Lipinski definition) is 5. The van der Waals surface area contributed by atoms with Crippen LogP contribution in [-0.4, -0.2) is 50.6 Å². The number of ether oxygens (including phenoxy) is 1. The summed E-state index contributed by atoms with van der Waals surface area (Å²) in [5.41, 5.74) is 1.05. The Morgan fingerprint density at radius 2 is 1.97 bits per heavy atom. The first kappa shape index (κ1) is 23.2. The number of fused-ring (bicyclic) bond motifs is 2. The van der Waals surface area contributed by atoms with Gasteiger partial charge in [0.25, 0.3) is 11.5 Å². The van der Waals surface area contributed by atoms with Gasteiger partial charge in [-0.1, -0.05) is 19.9 Å². The Labute approximate surface area is 193 Å². The summed E-state index contributed by atoms with van der Waals surface area (Å²) < 4.78 is 8.85. The highest BCUT2D eigenvalue weighted by molar-refractivity contribution is 5.97. The van der Waals surface area contributed by atoms with Gasteiger partial charge < -0.3 is 14.2 Å². The summed E-state index contributed by atoms with van der Waals surface area (Å²) in [6.45, 7) is 10.5. The van der Waals surface area contributed by atoms with Crippen LogP contribution in [0.2, 0.25) is 0 Å². The molecule has 0 aliphatic carbocycles. The molecule has 2 unspecified atom stereocenters. The van der Waals surface area contributed by atoms with Gasteiger partial charge in [-0.3, -0.25) is 19.4 Å². The number of aryl methyl sites for hydroxylation is 1. The molecule has 8 heteroatoms. The Kier molecular flexibility index (Phi) is 6.65. The van der Waals surface area contributed by atoms with Gasteiger partial charge in [-0.25, -0.2) is 4.98 Å². The van der Waals surface area contributed by atoms with Gasteiger partial charge in [0.15, 0.2) is 0 Å². The number of pyridine rings is 2. The summed E-state index contributed by atoms with van der Waals surface area (Å²) in [5.74, 6) is 0.623. The molecule has 33 heavy (non-hydrogen) atoms. The molecule has 4 heterocycles. The molecule has 176 valence electrons. The van der Waals surface area contributed by atoms with Crippen LogP contribution in [0.15, 0.2) is 35.3 Å². The van der Waals surface area contributed by atoms with E-state index in [0.29, 0.717) is 61.2 Å². The number of likely N-dealkylation sites (tertiary alicyclic amines) is 1. The summed E-state index contributed by atoms with van der Waals surface area (Å²) >= 11 is 0. The average Bonchev–Trinajstić information content (AvgIpc) is 2.77. The van der Waals surface area contributed by atoms with E-state index >= 15 is 0 Å². The number of carbonyl (C=O) groups excluding carboxylic acids is 1. The third-order valence-electron chi connectivity index (χ3n) is 6.18. The van der Waals surface area contributed by atoms with E-state index < -0.39 is 0 Å². The minimum Gasteiger partial charge on any atom is -0.379 e. The zero-order chi connectivity index (χ0) is 23.7. The fraction of sp³-hybridized carbons (Fsp3) is 0.520. The predicted octanol–water partition coefficient (Wildman–Crippen LogP) is 3.06. The van der Waals surface area contributed by atoms with Crippen molar-refractivity contribution in [1.82, 2.24) is 18.9 Å². The number of piperidine rings is 1. The Bertz CT molecular complexity index is 1280. The van der Waals surface area contributed by atoms with Gasteiger partial charge >= 0.3 is 0 Å². The first-order chi connectivity index (χ1) is 15.8. The Morgan fingerprint density at radius 1 is 1.24 bits per heavy atom. The lowest BCUT2D eigenvalue weighted by atomic mass is 9.91. The molecule has 1 saturated heterocycles. The van der Waals surface area contributed by atoms with Crippen LogP contribution in [0.5, 0.6) is 0 Å². The lowest BCUT2D eigenvalue weighted by Crippen LogP contribution is -2.45. The molecule has 4 rings (SSSR count). The van der Waals surface area contributed by atoms with Crippen LogP contribution in [0.25, 0.3) is 16.7 Å². The maximum Gasteiger partial charge on any atom is 0.267 e. The first-order valence-corrected chi connectivity index (χ1v) is 11.8. The Hall–Kier alpha value is -3.00. The SMILES string of the molecule is CC1CC(C)CN(C(=O)c2cc3c(=O)n4ccccc4nc3n(CCCOC(C)C)c2=N)C1. The van der Waals surface area contributed by atoms with Gasteiger partial charge in [0, 0.05) is 32.4 Å². The summed E-state index contributed by atoms with van der Waals surface area (Å²) in [6.07, 6.45) is 3.52. The third-order valence-corrected chi connectivity index (χ3v) is 6.18. The molecule has 0 radical (unpaired) electrons. The zero-order valence-electron chi connectivity index (χ0n) is 19.9. The lowest BCUT2D eigenvalue weighted by Gasteiger charge is -2.35. The van der Waals surface area contributed by atoms with Crippen molar-refractivity contribution in [2.45, 2.75) is 53.2 Å². The number of rotatable bonds is 6. The topological polar surface area (TPSA) is 92.7 Å². The van der Waals surface area contributed by atoms with Gasteiger partial charge in [-0.2, -0.15) is 0 Å². The second-order valence-corrected chi connectivity index (χ2v) is 9.57. The van der Waals surface area contributed by atoms with Crippen LogP contribution in [0.3, 0.4) is 0 Å². The van der Waals surface area contributed by atoms with Crippen molar-refractivity contribution in [2.75, 3.05) is 19.7 Å². The number of carbonyl (C=O) groups is 1. The van der Waals surface area contributed by atoms with Crippen LogP contribution in [0.4, 0.5) is 0 Å². The van der Waals surface area contributed by atoms with Crippen molar-refractivity contribution in [1.29, 1.82) is 5.41 Å². The number of hydrogen-bond donors (Lipinski definition) is 1. The normalized spacial score (nSPS) is 19.0. The Morgan fingerprint density at radius 3 is 2.67 bits per heavy atom. The van der Waals surface area contributed by atoms with Gasteiger partial charge in [-0.15, -0.1) is 0 Å². The first-order valence-electron chi connectivity index (χ1n) is 11.8. The molecule has 0 aromatic carbocycles. The summed E-state index contributed by atoms with van der Waals surface area (Å²) in [7, 11) is 0. The predicted molar refractivity (Wildman–Crippen MR) is 127 cm³/mol. The minimum absolute atomic E-state index is 0.0927. The highest BCUT2D eigenvalue weighted by atomic mass is 16.5. The standard InChI is InChI=1S/C25H33N5O3/c1-16(2)33-11-7-10-30-22(26)19(24(31)28-14-17(3)12-18(4)15-28)13-20-23(30)27-21-8-5-6-9-29(21)25(20)32/h5-6,8-9,13,16-18,26H,7,10-12,14-15H2,1-4H3. The lowest BCUT2D eigenvalue weighted by molar-refractivity contribution is 0.0620. The molecule has 0 bridgehead atoms. The number of amides is 1. The molecular formula is C25H33N5O3. The monoisotopic (exact) mass is 451 g/mol. The van der Waals surface area contributed by atoms with E-state index in [2.05, 4.69) is 13.8 Å². The molecule has 1 aliphatic rings. The van der Waals surface area contributed by atoms with Crippen LogP contribution < -0.4 is 11.0 Å². The van der Waals surface area contributed by atoms with Crippen LogP contribution in [0, 0.1) is 17.2 Å². The fourth-order valence-corrected chi connectivity index (χ4v) is 4.81. The van der Waals surface area contributed by atoms with Crippen molar-refractivity contribution in [3.05, 3.63) is 51.9 Å². The van der Waals surface area contributed by atoms with Gasteiger partial charge in [-0.05, 0) is 56.7 Å². The van der Waals surface area contributed by atoms with E-state index in [1.165, 1.54) is 4.40 Å². The highest BCUT2D eigenvalue weighted by Gasteiger charge is 2.28. The van der Waals surface area contributed by atoms with E-state index in [9.17, 15) is 9.59 Å². The summed E-state index contributed by atoms with van der Waals surface area (Å²) in [6, 6.07) is 6.94. The van der Waals surface area contributed by atoms with E-state index in [1.807, 2.05) is 24.8 Å². The zero-order valence-corrected chi connectivity index (χ0v) is 19.9. The molecule has 3 aromatic rings. The number of nitrogens with zero attached hydrogens (tertiary/aromatic N) is 4. The quantitative estimate of drug-likeness (QED) is 0.460. The largest absolute Gasteiger partial charge is 0.379 e. The number of aromatic nitrogens is 3. The molecule has 1 amide bonds. The second kappa shape index (κ2) is 9.47. The van der Waals surface area contributed by atoms with E-state index in [4.69, 9.17) is 15.1 Å². The molecule has 1 fully saturated rings. The molecule has 2 atom stereocenters. The van der Waals surface area contributed by atoms with E-state index in [1.54, 1.807) is 29.0 Å². The van der Waals surface area contributed by atoms with Gasteiger partial charge in [0.1, 0.15) is 16.8 Å². The van der Waals surface area contributed by atoms with Crippen molar-refractivity contribution in [3.63, 3.8) is 0 Å². The van der Waals surface area contributed by atoms with Gasteiger partial charge in [0.05, 0.1) is 17.1 Å². The van der Waals surface area contributed by atoms with Crippen LogP contribution in [0.1, 0.15) is 50.9 Å². The van der Waals surface area contributed by atoms with Gasteiger partial charge in [0.2, 0.25) is 0 Å². The minimum atomic E-state index is -0.239. The molecule has 0 saturated carbocycles. The molecule has 1 aliphatic heterocycles. The van der Waals surface area contributed by atoms with Crippen LogP contribution in [-0.2, 0) is 11.3 Å². The maximum atomic E-state index is 13.5. The molecule has 3 aromatic heterocycles. The van der Waals surface area contributed by atoms with E-state index in [0.717, 1.165) is 6.42 Å². The van der Waals surface area contributed by atoms with Crippen molar-refractivity contribution >= 4 is 22.6 Å². The maximum absolute atomic E-state index is 13.5. The van der Waals surface area contributed by atoms with Crippen molar-refractivity contribution < 1.29 is 9.53 Å². The van der Waals surface area contributed by atoms with Crippen LogP contribution >= 0.6 is 0 Å². The van der Waals surface area contributed by atoms with Crippen molar-refractivity contribution in [3.8, 4) is 0 Å². The Balaban J connectivity index is 1.84. The third kappa shape index (κ3) is 4.71. The highest BCUT2D eigenvalue weighted by Crippen LogP contribution is 2.22. The fourth-order valence-electron chi connectivity index (χ4n) is 4.81. The molecule has 0 spiro atoms. The number of nitrogens with one attached hydrogen (secondary N) is 1. The summed E-state index contributed by atoms with van der Waals surface area (Å²) in [5, 5.41) is 9.25.